The summed E-state index contributed by atoms with van der Waals surface area (Å²) in [6, 6.07) is 5.04. The minimum Gasteiger partial charge on any atom is -0.482 e. The maximum atomic E-state index is 10.6. The molecule has 0 amide bonds. The first kappa shape index (κ1) is 14.1. The zero-order chi connectivity index (χ0) is 14.5. The second-order valence-corrected chi connectivity index (χ2v) is 4.24. The molecule has 0 aliphatic rings. The van der Waals surface area contributed by atoms with Gasteiger partial charge in [-0.05, 0) is 12.1 Å². The predicted molar refractivity (Wildman–Crippen MR) is 71.5 cm³/mol. The van der Waals surface area contributed by atoms with E-state index >= 15 is 0 Å². The molecule has 20 heavy (non-hydrogen) atoms. The van der Waals surface area contributed by atoms with Gasteiger partial charge in [0.25, 0.3) is 5.89 Å². The standard InChI is InChI=1S/C13H11ClN2O4/c1-8-15-16-11(20-8)7-19-13-9(5-6-12(17)18)3-2-4-10(13)14/h2-6H,7H2,1H3,(H,17,18)/b6-5+. The molecule has 1 heterocycles. The molecule has 2 rings (SSSR count). The van der Waals surface area contributed by atoms with Crippen molar-refractivity contribution in [2.45, 2.75) is 13.5 Å². The summed E-state index contributed by atoms with van der Waals surface area (Å²) in [5.74, 6) is 0.0651. The monoisotopic (exact) mass is 294 g/mol. The summed E-state index contributed by atoms with van der Waals surface area (Å²) in [5.41, 5.74) is 0.552. The number of carboxylic acid groups (broad SMARTS) is 1. The first-order chi connectivity index (χ1) is 9.56. The molecule has 0 saturated heterocycles. The van der Waals surface area contributed by atoms with E-state index in [4.69, 9.17) is 25.9 Å². The number of para-hydroxylation sites is 1. The maximum Gasteiger partial charge on any atom is 0.328 e. The van der Waals surface area contributed by atoms with Crippen LogP contribution in [0.3, 0.4) is 0 Å². The Balaban J connectivity index is 2.19. The van der Waals surface area contributed by atoms with Crippen molar-refractivity contribution in [3.63, 3.8) is 0 Å². The molecule has 0 spiro atoms. The average Bonchev–Trinajstić information content (AvgIpc) is 2.81. The highest BCUT2D eigenvalue weighted by atomic mass is 35.5. The van der Waals surface area contributed by atoms with Crippen LogP contribution in [0, 0.1) is 6.92 Å². The molecule has 0 bridgehead atoms. The molecule has 0 atom stereocenters. The smallest absolute Gasteiger partial charge is 0.328 e. The molecule has 0 saturated carbocycles. The molecule has 1 aromatic heterocycles. The van der Waals surface area contributed by atoms with Gasteiger partial charge in [0.15, 0.2) is 6.61 Å². The Bertz CT molecular complexity index is 652. The number of rotatable bonds is 5. The quantitative estimate of drug-likeness (QED) is 0.853. The molecule has 0 radical (unpaired) electrons. The molecule has 0 fully saturated rings. The van der Waals surface area contributed by atoms with Crippen LogP contribution in [0.5, 0.6) is 5.75 Å². The SMILES string of the molecule is Cc1nnc(COc2c(Cl)cccc2/C=C/C(=O)O)o1. The van der Waals surface area contributed by atoms with E-state index in [0.717, 1.165) is 6.08 Å². The van der Waals surface area contributed by atoms with E-state index in [1.165, 1.54) is 6.08 Å². The number of halogens is 1. The number of nitrogens with zero attached hydrogens (tertiary/aromatic N) is 2. The van der Waals surface area contributed by atoms with Crippen molar-refractivity contribution < 1.29 is 19.1 Å². The lowest BCUT2D eigenvalue weighted by atomic mass is 10.2. The lowest BCUT2D eigenvalue weighted by Gasteiger charge is -2.09. The third-order valence-corrected chi connectivity index (χ3v) is 2.61. The van der Waals surface area contributed by atoms with E-state index in [-0.39, 0.29) is 6.61 Å². The second kappa shape index (κ2) is 6.21. The summed E-state index contributed by atoms with van der Waals surface area (Å²) < 4.78 is 10.7. The minimum atomic E-state index is -1.05. The molecule has 104 valence electrons. The third-order valence-electron chi connectivity index (χ3n) is 2.31. The molecule has 0 unspecified atom stereocenters. The number of benzene rings is 1. The van der Waals surface area contributed by atoms with Crippen LogP contribution in [0.4, 0.5) is 0 Å². The van der Waals surface area contributed by atoms with Crippen molar-refractivity contribution >= 4 is 23.6 Å². The lowest BCUT2D eigenvalue weighted by Crippen LogP contribution is -1.98. The zero-order valence-corrected chi connectivity index (χ0v) is 11.3. The Kier molecular flexibility index (Phi) is 4.37. The molecule has 0 aliphatic carbocycles. The number of hydrogen-bond acceptors (Lipinski definition) is 5. The Morgan fingerprint density at radius 2 is 2.30 bits per heavy atom. The lowest BCUT2D eigenvalue weighted by molar-refractivity contribution is -0.131. The fraction of sp³-hybridized carbons (Fsp3) is 0.154. The summed E-state index contributed by atoms with van der Waals surface area (Å²) >= 11 is 6.04. The van der Waals surface area contributed by atoms with E-state index in [9.17, 15) is 4.79 Å². The molecule has 2 aromatic rings. The van der Waals surface area contributed by atoms with Crippen LogP contribution >= 0.6 is 11.6 Å². The first-order valence-corrected chi connectivity index (χ1v) is 6.05. The number of aliphatic carboxylic acids is 1. The van der Waals surface area contributed by atoms with Crippen molar-refractivity contribution in [2.75, 3.05) is 0 Å². The van der Waals surface area contributed by atoms with Gasteiger partial charge in [0.1, 0.15) is 5.75 Å². The van der Waals surface area contributed by atoms with Crippen LogP contribution in [0.25, 0.3) is 6.08 Å². The van der Waals surface area contributed by atoms with Crippen molar-refractivity contribution in [2.24, 2.45) is 0 Å². The summed E-state index contributed by atoms with van der Waals surface area (Å²) in [7, 11) is 0. The number of carboxylic acids is 1. The molecule has 1 N–H and O–H groups in total. The van der Waals surface area contributed by atoms with Gasteiger partial charge in [0, 0.05) is 18.6 Å². The van der Waals surface area contributed by atoms with Crippen LogP contribution in [0.1, 0.15) is 17.3 Å². The predicted octanol–water partition coefficient (Wildman–Crippen LogP) is 2.71. The van der Waals surface area contributed by atoms with Crippen molar-refractivity contribution in [1.29, 1.82) is 0 Å². The number of ether oxygens (including phenoxy) is 1. The highest BCUT2D eigenvalue weighted by Crippen LogP contribution is 2.30. The summed E-state index contributed by atoms with van der Waals surface area (Å²) in [4.78, 5) is 10.6. The summed E-state index contributed by atoms with van der Waals surface area (Å²) in [6.07, 6.45) is 2.41. The molecular weight excluding hydrogens is 284 g/mol. The molecule has 6 nitrogen and oxygen atoms in total. The number of hydrogen-bond donors (Lipinski definition) is 1. The average molecular weight is 295 g/mol. The third kappa shape index (κ3) is 3.58. The maximum absolute atomic E-state index is 10.6. The Morgan fingerprint density at radius 3 is 2.95 bits per heavy atom. The second-order valence-electron chi connectivity index (χ2n) is 3.83. The summed E-state index contributed by atoms with van der Waals surface area (Å²) in [5, 5.41) is 16.5. The van der Waals surface area contributed by atoms with E-state index in [2.05, 4.69) is 10.2 Å². The van der Waals surface area contributed by atoms with Gasteiger partial charge in [-0.15, -0.1) is 10.2 Å². The number of carbonyl (C=O) groups is 1. The van der Waals surface area contributed by atoms with E-state index in [1.807, 2.05) is 0 Å². The van der Waals surface area contributed by atoms with Gasteiger partial charge in [0.2, 0.25) is 5.89 Å². The van der Waals surface area contributed by atoms with Crippen molar-refractivity contribution in [1.82, 2.24) is 10.2 Å². The van der Waals surface area contributed by atoms with Crippen molar-refractivity contribution in [3.05, 3.63) is 46.6 Å². The fourth-order valence-corrected chi connectivity index (χ4v) is 1.74. The molecular formula is C13H11ClN2O4. The highest BCUT2D eigenvalue weighted by molar-refractivity contribution is 6.32. The van der Waals surface area contributed by atoms with Gasteiger partial charge in [-0.25, -0.2) is 4.79 Å². The summed E-state index contributed by atoms with van der Waals surface area (Å²) in [6.45, 7) is 1.73. The van der Waals surface area contributed by atoms with Crippen LogP contribution in [-0.4, -0.2) is 21.3 Å². The minimum absolute atomic E-state index is 0.0541. The fourth-order valence-electron chi connectivity index (χ4n) is 1.50. The van der Waals surface area contributed by atoms with Gasteiger partial charge in [-0.1, -0.05) is 23.7 Å². The van der Waals surface area contributed by atoms with Crippen molar-refractivity contribution in [3.8, 4) is 5.75 Å². The first-order valence-electron chi connectivity index (χ1n) is 5.67. The van der Waals surface area contributed by atoms with Crippen LogP contribution in [-0.2, 0) is 11.4 Å². The van der Waals surface area contributed by atoms with E-state index in [0.29, 0.717) is 28.1 Å². The zero-order valence-electron chi connectivity index (χ0n) is 10.5. The Morgan fingerprint density at radius 1 is 1.50 bits per heavy atom. The van der Waals surface area contributed by atoms with Gasteiger partial charge in [-0.3, -0.25) is 0 Å². The van der Waals surface area contributed by atoms with Crippen LogP contribution in [0.2, 0.25) is 5.02 Å². The normalized spacial score (nSPS) is 10.9. The van der Waals surface area contributed by atoms with Crippen LogP contribution < -0.4 is 4.74 Å². The van der Waals surface area contributed by atoms with Gasteiger partial charge in [0.05, 0.1) is 5.02 Å². The molecule has 1 aromatic carbocycles. The largest absolute Gasteiger partial charge is 0.482 e. The van der Waals surface area contributed by atoms with Crippen LogP contribution in [0.15, 0.2) is 28.7 Å². The van der Waals surface area contributed by atoms with Gasteiger partial charge < -0.3 is 14.3 Å². The molecule has 0 aliphatic heterocycles. The number of aromatic nitrogens is 2. The van der Waals surface area contributed by atoms with Gasteiger partial charge in [-0.2, -0.15) is 0 Å². The Labute approximate surface area is 119 Å². The number of aryl methyl sites for hydroxylation is 1. The highest BCUT2D eigenvalue weighted by Gasteiger charge is 2.09. The van der Waals surface area contributed by atoms with E-state index in [1.54, 1.807) is 25.1 Å². The Hall–Kier alpha value is -2.34. The van der Waals surface area contributed by atoms with E-state index < -0.39 is 5.97 Å². The van der Waals surface area contributed by atoms with Gasteiger partial charge >= 0.3 is 5.97 Å². The topological polar surface area (TPSA) is 85.5 Å². The molecule has 7 heteroatoms.